The Morgan fingerprint density at radius 3 is 1.85 bits per heavy atom. The summed E-state index contributed by atoms with van der Waals surface area (Å²) in [6.45, 7) is 10.4. The van der Waals surface area contributed by atoms with E-state index in [-0.39, 0.29) is 5.91 Å². The molecule has 0 aliphatic carbocycles. The van der Waals surface area contributed by atoms with E-state index in [0.717, 1.165) is 5.56 Å². The van der Waals surface area contributed by atoms with Crippen molar-refractivity contribution in [2.24, 2.45) is 5.41 Å². The van der Waals surface area contributed by atoms with Gasteiger partial charge in [-0.3, -0.25) is 4.79 Å². The highest BCUT2D eigenvalue weighted by atomic mass is 32.1. The van der Waals surface area contributed by atoms with E-state index in [9.17, 15) is 4.79 Å². The van der Waals surface area contributed by atoms with E-state index in [2.05, 4.69) is 39.2 Å². The molecule has 3 rings (SSSR count). The number of nitrogens with one attached hydrogen (secondary N) is 1. The van der Waals surface area contributed by atoms with Gasteiger partial charge in [-0.1, -0.05) is 87.5 Å². The number of rotatable bonds is 8. The molecule has 3 aromatic rings. The summed E-state index contributed by atoms with van der Waals surface area (Å²) >= 11 is 6.01. The number of thiocarbonyl (C=S) groups is 1. The molecule has 0 fully saturated rings. The molecule has 0 heterocycles. The third-order valence-corrected chi connectivity index (χ3v) is 6.87. The maximum Gasteiger partial charge on any atom is 0.251 e. The van der Waals surface area contributed by atoms with Crippen molar-refractivity contribution in [2.45, 2.75) is 45.5 Å². The predicted octanol–water partition coefficient (Wildman–Crippen LogP) is 6.35. The fourth-order valence-electron chi connectivity index (χ4n) is 4.06. The minimum absolute atomic E-state index is 0.195. The normalized spacial score (nSPS) is 14.2. The number of para-hydroxylation sites is 1. The first kappa shape index (κ1) is 25.8. The minimum Gasteiger partial charge on any atom is -0.447 e. The van der Waals surface area contributed by atoms with Gasteiger partial charge < -0.3 is 14.5 Å². The van der Waals surface area contributed by atoms with Crippen LogP contribution >= 0.6 is 12.2 Å². The Labute approximate surface area is 210 Å². The van der Waals surface area contributed by atoms with Crippen LogP contribution in [0.3, 0.4) is 0 Å². The molecule has 6 heteroatoms. The lowest BCUT2D eigenvalue weighted by Gasteiger charge is -2.50. The smallest absolute Gasteiger partial charge is 0.251 e. The summed E-state index contributed by atoms with van der Waals surface area (Å²) in [5, 5.41) is 3.56. The second-order valence-electron chi connectivity index (χ2n) is 9.54. The van der Waals surface area contributed by atoms with E-state index in [1.54, 1.807) is 12.1 Å². The second kappa shape index (κ2) is 11.1. The Kier molecular flexibility index (Phi) is 8.41. The summed E-state index contributed by atoms with van der Waals surface area (Å²) in [6, 6.07) is 27.9. The summed E-state index contributed by atoms with van der Waals surface area (Å²) in [5.74, 6) is 0.441. The molecule has 0 aromatic heterocycles. The molecule has 2 atom stereocenters. The van der Waals surface area contributed by atoms with Crippen molar-refractivity contribution >= 4 is 32.2 Å². The van der Waals surface area contributed by atoms with Crippen molar-refractivity contribution in [1.82, 2.24) is 5.32 Å². The van der Waals surface area contributed by atoms with Gasteiger partial charge >= 0.3 is 0 Å². The topological polar surface area (TPSA) is 47.6 Å². The SMILES string of the molecule is C[SiH](C)OC(C(=S)Oc1ccccc1)(C(NC(=O)c1ccccc1)c1ccccc1)C(C)(C)C. The maximum atomic E-state index is 13.4. The molecule has 2 unspecified atom stereocenters. The van der Waals surface area contributed by atoms with E-state index < -0.39 is 26.1 Å². The van der Waals surface area contributed by atoms with Crippen molar-refractivity contribution in [3.8, 4) is 5.75 Å². The van der Waals surface area contributed by atoms with Crippen LogP contribution in [0.5, 0.6) is 5.75 Å². The van der Waals surface area contributed by atoms with E-state index in [0.29, 0.717) is 16.4 Å². The highest BCUT2D eigenvalue weighted by Gasteiger charge is 2.55. The summed E-state index contributed by atoms with van der Waals surface area (Å²) in [5.41, 5.74) is -0.149. The number of benzene rings is 3. The van der Waals surface area contributed by atoms with Gasteiger partial charge in [0.25, 0.3) is 5.91 Å². The van der Waals surface area contributed by atoms with Crippen LogP contribution in [0.15, 0.2) is 91.0 Å². The van der Waals surface area contributed by atoms with Gasteiger partial charge in [0.15, 0.2) is 14.6 Å². The zero-order valence-electron chi connectivity index (χ0n) is 20.4. The predicted molar refractivity (Wildman–Crippen MR) is 145 cm³/mol. The van der Waals surface area contributed by atoms with Crippen molar-refractivity contribution in [3.05, 3.63) is 102 Å². The van der Waals surface area contributed by atoms with E-state index in [4.69, 9.17) is 21.4 Å². The molecular weight excluding hydrogens is 458 g/mol. The second-order valence-corrected chi connectivity index (χ2v) is 12.2. The van der Waals surface area contributed by atoms with Gasteiger partial charge in [-0.25, -0.2) is 0 Å². The molecule has 0 radical (unpaired) electrons. The molecule has 1 amide bonds. The lowest BCUT2D eigenvalue weighted by molar-refractivity contribution is -0.0140. The Morgan fingerprint density at radius 2 is 1.35 bits per heavy atom. The zero-order chi connectivity index (χ0) is 24.8. The Balaban J connectivity index is 2.17. The minimum atomic E-state index is -1.68. The third-order valence-electron chi connectivity index (χ3n) is 5.64. The van der Waals surface area contributed by atoms with E-state index in [1.165, 1.54) is 0 Å². The highest BCUT2D eigenvalue weighted by Crippen LogP contribution is 2.46. The summed E-state index contributed by atoms with van der Waals surface area (Å²) in [7, 11) is -1.68. The number of carbonyl (C=O) groups is 1. The molecule has 0 spiro atoms. The van der Waals surface area contributed by atoms with Gasteiger partial charge in [0.2, 0.25) is 5.05 Å². The van der Waals surface area contributed by atoms with Crippen LogP contribution in [0.25, 0.3) is 0 Å². The van der Waals surface area contributed by atoms with Crippen molar-refractivity contribution in [1.29, 1.82) is 0 Å². The van der Waals surface area contributed by atoms with Gasteiger partial charge in [0, 0.05) is 11.0 Å². The average molecular weight is 492 g/mol. The molecule has 0 bridgehead atoms. The summed E-state index contributed by atoms with van der Waals surface area (Å²) in [4.78, 5) is 13.4. The average Bonchev–Trinajstić information content (AvgIpc) is 2.82. The summed E-state index contributed by atoms with van der Waals surface area (Å²) in [6.07, 6.45) is 0. The van der Waals surface area contributed by atoms with Gasteiger partial charge in [-0.15, -0.1) is 0 Å². The lowest BCUT2D eigenvalue weighted by Crippen LogP contribution is -2.63. The van der Waals surface area contributed by atoms with Gasteiger partial charge in [-0.05, 0) is 55.1 Å². The molecule has 3 aromatic carbocycles. The molecule has 0 saturated carbocycles. The molecule has 1 N–H and O–H groups in total. The third kappa shape index (κ3) is 5.81. The van der Waals surface area contributed by atoms with Crippen molar-refractivity contribution in [3.63, 3.8) is 0 Å². The molecule has 0 aliphatic heterocycles. The highest BCUT2D eigenvalue weighted by molar-refractivity contribution is 7.80. The molecular formula is C28H33NO3SSi. The number of ether oxygens (including phenoxy) is 1. The molecule has 0 aliphatic rings. The number of carbonyl (C=O) groups excluding carboxylic acids is 1. The molecule has 0 saturated heterocycles. The van der Waals surface area contributed by atoms with E-state index >= 15 is 0 Å². The van der Waals surface area contributed by atoms with Gasteiger partial charge in [-0.2, -0.15) is 0 Å². The van der Waals surface area contributed by atoms with Crippen LogP contribution in [-0.2, 0) is 4.43 Å². The first-order chi connectivity index (χ1) is 16.1. The van der Waals surface area contributed by atoms with Crippen LogP contribution in [-0.4, -0.2) is 25.6 Å². The first-order valence-electron chi connectivity index (χ1n) is 11.5. The first-order valence-corrected chi connectivity index (χ1v) is 14.7. The number of hydrogen-bond acceptors (Lipinski definition) is 4. The van der Waals surface area contributed by atoms with Crippen LogP contribution in [0.2, 0.25) is 13.1 Å². The standard InChI is InChI=1S/C28H33NO3SSi/c1-27(2,3)28(32-34(4)5,26(33)31-23-19-13-8-14-20-23)24(21-15-9-6-10-16-21)29-25(30)22-17-11-7-12-18-22/h6-20,24,34H,1-5H3,(H,29,30). The Bertz CT molecular complexity index is 1080. The van der Waals surface area contributed by atoms with E-state index in [1.807, 2.05) is 78.9 Å². The maximum absolute atomic E-state index is 13.4. The fraction of sp³-hybridized carbons (Fsp3) is 0.286. The fourth-order valence-corrected chi connectivity index (χ4v) is 6.06. The van der Waals surface area contributed by atoms with Gasteiger partial charge in [0.05, 0.1) is 6.04 Å². The largest absolute Gasteiger partial charge is 0.447 e. The zero-order valence-corrected chi connectivity index (χ0v) is 22.4. The van der Waals surface area contributed by atoms with Crippen LogP contribution in [0.1, 0.15) is 42.7 Å². The van der Waals surface area contributed by atoms with Crippen LogP contribution in [0.4, 0.5) is 0 Å². The van der Waals surface area contributed by atoms with Gasteiger partial charge in [0.1, 0.15) is 5.75 Å². The Morgan fingerprint density at radius 1 is 0.853 bits per heavy atom. The number of hydrogen-bond donors (Lipinski definition) is 1. The monoisotopic (exact) mass is 491 g/mol. The Hall–Kier alpha value is -2.80. The lowest BCUT2D eigenvalue weighted by atomic mass is 9.70. The summed E-state index contributed by atoms with van der Waals surface area (Å²) < 4.78 is 13.1. The van der Waals surface area contributed by atoms with Crippen molar-refractivity contribution in [2.75, 3.05) is 0 Å². The molecule has 178 valence electrons. The van der Waals surface area contributed by atoms with Crippen LogP contribution < -0.4 is 10.1 Å². The van der Waals surface area contributed by atoms with Crippen LogP contribution in [0, 0.1) is 5.41 Å². The quantitative estimate of drug-likeness (QED) is 0.295. The molecule has 34 heavy (non-hydrogen) atoms. The van der Waals surface area contributed by atoms with Crippen molar-refractivity contribution < 1.29 is 14.0 Å². The molecule has 4 nitrogen and oxygen atoms in total. The number of amides is 1.